The summed E-state index contributed by atoms with van der Waals surface area (Å²) in [4.78, 5) is 25.2. The first kappa shape index (κ1) is 60.5. The molecule has 0 amide bonds. The molecule has 2 atom stereocenters. The third-order valence-electron chi connectivity index (χ3n) is 11.1. The normalized spacial score (nSPS) is 14.0. The lowest BCUT2D eigenvalue weighted by atomic mass is 10.1. The SMILES string of the molecule is CCCCCCC/C=C\C/C=C\C/C=C\CCCCCCCCCOCC(COP(=O)([O-])OCC[N+](C)(C)C)OC(=O)CCCCCCCCC/C=C\CCCCCCCCC. The minimum Gasteiger partial charge on any atom is -0.756 e. The van der Waals surface area contributed by atoms with Crippen molar-refractivity contribution in [2.45, 2.75) is 232 Å². The van der Waals surface area contributed by atoms with E-state index in [2.05, 4.69) is 62.5 Å². The van der Waals surface area contributed by atoms with Gasteiger partial charge in [0, 0.05) is 13.0 Å². The number of ether oxygens (including phenoxy) is 2. The van der Waals surface area contributed by atoms with E-state index in [0.717, 1.165) is 51.4 Å². The Bertz CT molecular complexity index is 1130. The van der Waals surface area contributed by atoms with E-state index in [1.807, 2.05) is 21.1 Å². The number of quaternary nitrogens is 1. The number of rotatable bonds is 48. The molecule has 0 bridgehead atoms. The zero-order valence-corrected chi connectivity index (χ0v) is 42.2. The molecule has 0 saturated heterocycles. The quantitative estimate of drug-likeness (QED) is 0.0197. The number of likely N-dealkylation sites (N-methyl/N-ethyl adjacent to an activating group) is 1. The van der Waals surface area contributed by atoms with Crippen LogP contribution in [0.4, 0.5) is 0 Å². The molecule has 2 unspecified atom stereocenters. The van der Waals surface area contributed by atoms with Crippen LogP contribution in [-0.4, -0.2) is 70.7 Å². The van der Waals surface area contributed by atoms with Crippen molar-refractivity contribution < 1.29 is 37.3 Å². The highest BCUT2D eigenvalue weighted by atomic mass is 31.2. The average molecular weight is 894 g/mol. The van der Waals surface area contributed by atoms with Crippen molar-refractivity contribution in [3.05, 3.63) is 48.6 Å². The molecule has 364 valence electrons. The Labute approximate surface area is 384 Å². The van der Waals surface area contributed by atoms with Gasteiger partial charge in [-0.2, -0.15) is 0 Å². The second kappa shape index (κ2) is 46.0. The van der Waals surface area contributed by atoms with E-state index in [9.17, 15) is 14.3 Å². The first-order valence-corrected chi connectivity index (χ1v) is 27.3. The van der Waals surface area contributed by atoms with E-state index in [0.29, 0.717) is 24.1 Å². The van der Waals surface area contributed by atoms with Gasteiger partial charge in [-0.1, -0.05) is 191 Å². The first-order chi connectivity index (χ1) is 30.1. The summed E-state index contributed by atoms with van der Waals surface area (Å²) in [6.07, 6.45) is 57.0. The Hall–Kier alpha value is -1.54. The number of carbonyl (C=O) groups is 1. The highest BCUT2D eigenvalue weighted by Crippen LogP contribution is 2.38. The molecule has 0 saturated carbocycles. The third-order valence-corrected chi connectivity index (χ3v) is 12.1. The molecule has 0 aliphatic heterocycles. The fourth-order valence-corrected chi connectivity index (χ4v) is 7.81. The Morgan fingerprint density at radius 2 is 0.887 bits per heavy atom. The minimum atomic E-state index is -4.54. The summed E-state index contributed by atoms with van der Waals surface area (Å²) in [6, 6.07) is 0. The molecule has 0 spiro atoms. The predicted octanol–water partition coefficient (Wildman–Crippen LogP) is 15.3. The second-order valence-electron chi connectivity index (χ2n) is 18.5. The van der Waals surface area contributed by atoms with Crippen LogP contribution in [0.2, 0.25) is 0 Å². The van der Waals surface area contributed by atoms with Crippen LogP contribution in [-0.2, 0) is 27.9 Å². The standard InChI is InChI=1S/C53H100NO7P/c1-6-8-10-12-14-16-18-20-22-24-26-27-28-29-31-33-35-37-39-41-43-45-48-58-50-52(51-60-62(56,57)59-49-47-54(3,4)5)61-53(55)46-44-42-40-38-36-34-32-30-25-23-21-19-17-15-13-11-9-7-2/h18,20,23-26,28-29,52H,6-17,19,21-22,27,30-51H2,1-5H3/b20-18-,25-23-,26-24-,29-28-. The topological polar surface area (TPSA) is 94.1 Å². The molecule has 0 N–H and O–H groups in total. The Morgan fingerprint density at radius 3 is 1.34 bits per heavy atom. The summed E-state index contributed by atoms with van der Waals surface area (Å²) in [5, 5.41) is 0. The van der Waals surface area contributed by atoms with E-state index >= 15 is 0 Å². The van der Waals surface area contributed by atoms with E-state index in [1.165, 1.54) is 154 Å². The molecule has 0 aliphatic rings. The molecule has 9 heteroatoms. The number of hydrogen-bond acceptors (Lipinski definition) is 7. The van der Waals surface area contributed by atoms with Crippen LogP contribution in [0.15, 0.2) is 48.6 Å². The molecule has 0 aromatic rings. The molecule has 0 aliphatic carbocycles. The molecule has 0 radical (unpaired) electrons. The van der Waals surface area contributed by atoms with Gasteiger partial charge in [0.05, 0.1) is 34.4 Å². The average Bonchev–Trinajstić information content (AvgIpc) is 3.23. The summed E-state index contributed by atoms with van der Waals surface area (Å²) in [6.45, 7) is 5.39. The first-order valence-electron chi connectivity index (χ1n) is 25.9. The summed E-state index contributed by atoms with van der Waals surface area (Å²) in [5.41, 5.74) is 0. The maximum Gasteiger partial charge on any atom is 0.306 e. The largest absolute Gasteiger partial charge is 0.756 e. The van der Waals surface area contributed by atoms with Crippen molar-refractivity contribution in [1.29, 1.82) is 0 Å². The van der Waals surface area contributed by atoms with E-state index in [1.54, 1.807) is 0 Å². The van der Waals surface area contributed by atoms with Gasteiger partial charge < -0.3 is 27.9 Å². The molecular formula is C53H100NO7P. The van der Waals surface area contributed by atoms with Crippen molar-refractivity contribution in [2.75, 3.05) is 54.1 Å². The third kappa shape index (κ3) is 49.5. The van der Waals surface area contributed by atoms with Gasteiger partial charge in [-0.25, -0.2) is 0 Å². The van der Waals surface area contributed by atoms with Crippen LogP contribution in [0.25, 0.3) is 0 Å². The molecule has 0 heterocycles. The van der Waals surface area contributed by atoms with E-state index in [4.69, 9.17) is 18.5 Å². The predicted molar refractivity (Wildman–Crippen MR) is 263 cm³/mol. The summed E-state index contributed by atoms with van der Waals surface area (Å²) >= 11 is 0. The zero-order chi connectivity index (χ0) is 45.5. The van der Waals surface area contributed by atoms with Gasteiger partial charge in [0.15, 0.2) is 0 Å². The number of phosphoric acid groups is 1. The maximum absolute atomic E-state index is 12.7. The number of nitrogens with zero attached hydrogens (tertiary/aromatic N) is 1. The van der Waals surface area contributed by atoms with Crippen LogP contribution >= 0.6 is 7.82 Å². The van der Waals surface area contributed by atoms with Crippen LogP contribution < -0.4 is 4.89 Å². The number of phosphoric ester groups is 1. The van der Waals surface area contributed by atoms with Gasteiger partial charge in [-0.15, -0.1) is 0 Å². The molecule has 8 nitrogen and oxygen atoms in total. The minimum absolute atomic E-state index is 0.0222. The smallest absolute Gasteiger partial charge is 0.306 e. The molecule has 0 aromatic carbocycles. The number of esters is 1. The summed E-state index contributed by atoms with van der Waals surface area (Å²) in [5.74, 6) is -0.341. The van der Waals surface area contributed by atoms with Crippen LogP contribution in [0.1, 0.15) is 226 Å². The highest BCUT2D eigenvalue weighted by Gasteiger charge is 2.20. The van der Waals surface area contributed by atoms with Gasteiger partial charge in [-0.05, 0) is 77.0 Å². The molecule has 0 aromatic heterocycles. The highest BCUT2D eigenvalue weighted by molar-refractivity contribution is 7.45. The van der Waals surface area contributed by atoms with Crippen molar-refractivity contribution in [2.24, 2.45) is 0 Å². The number of unbranched alkanes of at least 4 members (excludes halogenated alkanes) is 26. The fraction of sp³-hybridized carbons (Fsp3) is 0.830. The zero-order valence-electron chi connectivity index (χ0n) is 41.3. The van der Waals surface area contributed by atoms with Crippen LogP contribution in [0, 0.1) is 0 Å². The Balaban J connectivity index is 4.17. The van der Waals surface area contributed by atoms with E-state index in [-0.39, 0.29) is 25.8 Å². The van der Waals surface area contributed by atoms with E-state index < -0.39 is 13.9 Å². The van der Waals surface area contributed by atoms with Gasteiger partial charge in [0.25, 0.3) is 7.82 Å². The van der Waals surface area contributed by atoms with Crippen molar-refractivity contribution in [3.8, 4) is 0 Å². The monoisotopic (exact) mass is 894 g/mol. The number of hydrogen-bond donors (Lipinski definition) is 0. The fourth-order valence-electron chi connectivity index (χ4n) is 7.08. The second-order valence-corrected chi connectivity index (χ2v) is 19.9. The summed E-state index contributed by atoms with van der Waals surface area (Å²) < 4.78 is 34.7. The Kier molecular flexibility index (Phi) is 44.9. The molecule has 0 fully saturated rings. The lowest BCUT2D eigenvalue weighted by Crippen LogP contribution is -2.37. The van der Waals surface area contributed by atoms with Crippen LogP contribution in [0.3, 0.4) is 0 Å². The Morgan fingerprint density at radius 1 is 0.500 bits per heavy atom. The van der Waals surface area contributed by atoms with Crippen molar-refractivity contribution in [1.82, 2.24) is 0 Å². The number of carbonyl (C=O) groups excluding carboxylic acids is 1. The van der Waals surface area contributed by atoms with Gasteiger partial charge in [0.1, 0.15) is 19.3 Å². The maximum atomic E-state index is 12.7. The molecule has 0 rings (SSSR count). The lowest BCUT2D eigenvalue weighted by molar-refractivity contribution is -0.870. The van der Waals surface area contributed by atoms with Gasteiger partial charge >= 0.3 is 5.97 Å². The lowest BCUT2D eigenvalue weighted by Gasteiger charge is -2.28. The van der Waals surface area contributed by atoms with Gasteiger partial charge in [-0.3, -0.25) is 9.36 Å². The molecule has 62 heavy (non-hydrogen) atoms. The van der Waals surface area contributed by atoms with Crippen LogP contribution in [0.5, 0.6) is 0 Å². The van der Waals surface area contributed by atoms with Crippen molar-refractivity contribution >= 4 is 13.8 Å². The molecular weight excluding hydrogens is 794 g/mol. The van der Waals surface area contributed by atoms with Gasteiger partial charge in [0.2, 0.25) is 0 Å². The van der Waals surface area contributed by atoms with Crippen molar-refractivity contribution in [3.63, 3.8) is 0 Å². The summed E-state index contributed by atoms with van der Waals surface area (Å²) in [7, 11) is 1.35. The number of allylic oxidation sites excluding steroid dienone is 8.